The molecule has 0 aromatic rings. The van der Waals surface area contributed by atoms with Crippen molar-refractivity contribution >= 4 is 0 Å². The van der Waals surface area contributed by atoms with Crippen LogP contribution in [0.1, 0.15) is 26.7 Å². The van der Waals surface area contributed by atoms with Gasteiger partial charge in [0.1, 0.15) is 0 Å². The first-order valence-electron chi connectivity index (χ1n) is 5.22. The molecule has 1 N–H and O–H groups in total. The molecule has 1 aliphatic heterocycles. The fourth-order valence-corrected chi connectivity index (χ4v) is 1.69. The highest BCUT2D eigenvalue weighted by atomic mass is 19.3. The maximum atomic E-state index is 13.3. The second-order valence-corrected chi connectivity index (χ2v) is 4.13. The van der Waals surface area contributed by atoms with Gasteiger partial charge in [-0.05, 0) is 33.2 Å². The smallest absolute Gasteiger partial charge is 0.263 e. The monoisotopic (exact) mass is 207 g/mol. The second kappa shape index (κ2) is 5.03. The zero-order valence-electron chi connectivity index (χ0n) is 8.85. The van der Waals surface area contributed by atoms with Gasteiger partial charge < -0.3 is 10.1 Å². The van der Waals surface area contributed by atoms with Crippen molar-refractivity contribution in [2.75, 3.05) is 19.7 Å². The number of hydrogen-bond donors (Lipinski definition) is 1. The van der Waals surface area contributed by atoms with Crippen LogP contribution < -0.4 is 5.32 Å². The molecule has 0 amide bonds. The molecule has 1 fully saturated rings. The lowest BCUT2D eigenvalue weighted by molar-refractivity contribution is -0.0851. The number of hydrogen-bond acceptors (Lipinski definition) is 2. The van der Waals surface area contributed by atoms with Gasteiger partial charge in [-0.15, -0.1) is 0 Å². The van der Waals surface area contributed by atoms with Crippen LogP contribution in [-0.2, 0) is 4.74 Å². The van der Waals surface area contributed by atoms with Gasteiger partial charge in [0.15, 0.2) is 0 Å². The Kier molecular flexibility index (Phi) is 4.26. The molecule has 1 atom stereocenters. The summed E-state index contributed by atoms with van der Waals surface area (Å²) >= 11 is 0. The van der Waals surface area contributed by atoms with Crippen LogP contribution >= 0.6 is 0 Å². The number of rotatable bonds is 4. The van der Waals surface area contributed by atoms with Crippen LogP contribution in [0.3, 0.4) is 0 Å². The summed E-state index contributed by atoms with van der Waals surface area (Å²) < 4.78 is 31.8. The molecule has 84 valence electrons. The molecule has 2 nitrogen and oxygen atoms in total. The van der Waals surface area contributed by atoms with Gasteiger partial charge in [-0.2, -0.15) is 0 Å². The topological polar surface area (TPSA) is 21.3 Å². The minimum Gasteiger partial charge on any atom is -0.379 e. The summed E-state index contributed by atoms with van der Waals surface area (Å²) in [6.07, 6.45) is 1.15. The third kappa shape index (κ3) is 3.50. The predicted octanol–water partition coefficient (Wildman–Crippen LogP) is 2.05. The van der Waals surface area contributed by atoms with Crippen molar-refractivity contribution in [3.05, 3.63) is 0 Å². The normalized spacial score (nSPS) is 26.8. The number of nitrogens with one attached hydrogen (secondary N) is 1. The maximum Gasteiger partial charge on any atom is 0.263 e. The Morgan fingerprint density at radius 1 is 1.50 bits per heavy atom. The zero-order chi connectivity index (χ0) is 10.6. The van der Waals surface area contributed by atoms with Crippen molar-refractivity contribution in [1.82, 2.24) is 5.32 Å². The molecular formula is C10H19F2NO. The van der Waals surface area contributed by atoms with E-state index in [9.17, 15) is 8.78 Å². The SMILES string of the molecule is CC(C)OCCC1CCNCC1(F)F. The lowest BCUT2D eigenvalue weighted by Gasteiger charge is -2.31. The van der Waals surface area contributed by atoms with Crippen molar-refractivity contribution < 1.29 is 13.5 Å². The molecule has 0 aromatic heterocycles. The minimum absolute atomic E-state index is 0.130. The van der Waals surface area contributed by atoms with Crippen LogP contribution in [0.25, 0.3) is 0 Å². The van der Waals surface area contributed by atoms with Gasteiger partial charge in [0, 0.05) is 12.5 Å². The molecule has 4 heteroatoms. The summed E-state index contributed by atoms with van der Waals surface area (Å²) in [5.41, 5.74) is 0. The summed E-state index contributed by atoms with van der Waals surface area (Å²) in [5, 5.41) is 2.71. The lowest BCUT2D eigenvalue weighted by Crippen LogP contribution is -2.46. The van der Waals surface area contributed by atoms with E-state index in [-0.39, 0.29) is 12.6 Å². The largest absolute Gasteiger partial charge is 0.379 e. The molecular weight excluding hydrogens is 188 g/mol. The maximum absolute atomic E-state index is 13.3. The third-order valence-electron chi connectivity index (χ3n) is 2.55. The van der Waals surface area contributed by atoms with Gasteiger partial charge in [0.2, 0.25) is 0 Å². The molecule has 1 rings (SSSR count). The van der Waals surface area contributed by atoms with Gasteiger partial charge in [-0.25, -0.2) is 8.78 Å². The molecule has 0 bridgehead atoms. The summed E-state index contributed by atoms with van der Waals surface area (Å²) in [4.78, 5) is 0. The van der Waals surface area contributed by atoms with E-state index in [1.807, 2.05) is 13.8 Å². The average Bonchev–Trinajstić information content (AvgIpc) is 2.07. The predicted molar refractivity (Wildman–Crippen MR) is 51.6 cm³/mol. The summed E-state index contributed by atoms with van der Waals surface area (Å²) in [7, 11) is 0. The molecule has 1 heterocycles. The fourth-order valence-electron chi connectivity index (χ4n) is 1.69. The number of halogens is 2. The van der Waals surface area contributed by atoms with Crippen LogP contribution in [0.2, 0.25) is 0 Å². The summed E-state index contributed by atoms with van der Waals surface area (Å²) in [5.74, 6) is -3.07. The molecule has 0 aliphatic carbocycles. The van der Waals surface area contributed by atoms with Gasteiger partial charge in [-0.1, -0.05) is 0 Å². The van der Waals surface area contributed by atoms with E-state index >= 15 is 0 Å². The van der Waals surface area contributed by atoms with E-state index in [1.165, 1.54) is 0 Å². The van der Waals surface area contributed by atoms with E-state index in [2.05, 4.69) is 5.32 Å². The lowest BCUT2D eigenvalue weighted by atomic mass is 9.91. The van der Waals surface area contributed by atoms with Gasteiger partial charge in [0.25, 0.3) is 5.92 Å². The quantitative estimate of drug-likeness (QED) is 0.761. The van der Waals surface area contributed by atoms with Crippen molar-refractivity contribution in [1.29, 1.82) is 0 Å². The second-order valence-electron chi connectivity index (χ2n) is 4.13. The van der Waals surface area contributed by atoms with Gasteiger partial charge >= 0.3 is 0 Å². The number of piperidine rings is 1. The molecule has 1 aliphatic rings. The Labute approximate surface area is 84.0 Å². The Morgan fingerprint density at radius 2 is 2.21 bits per heavy atom. The zero-order valence-corrected chi connectivity index (χ0v) is 8.85. The Balaban J connectivity index is 2.27. The highest BCUT2D eigenvalue weighted by Gasteiger charge is 2.40. The van der Waals surface area contributed by atoms with Crippen molar-refractivity contribution in [2.24, 2.45) is 5.92 Å². The van der Waals surface area contributed by atoms with E-state index in [4.69, 9.17) is 4.74 Å². The highest BCUT2D eigenvalue weighted by Crippen LogP contribution is 2.31. The number of alkyl halides is 2. The molecule has 0 radical (unpaired) electrons. The fraction of sp³-hybridized carbons (Fsp3) is 1.00. The van der Waals surface area contributed by atoms with E-state index < -0.39 is 11.8 Å². The summed E-state index contributed by atoms with van der Waals surface area (Å²) in [6, 6.07) is 0. The van der Waals surface area contributed by atoms with Gasteiger partial charge in [0.05, 0.1) is 12.6 Å². The average molecular weight is 207 g/mol. The van der Waals surface area contributed by atoms with Crippen LogP contribution in [0.5, 0.6) is 0 Å². The first-order valence-corrected chi connectivity index (χ1v) is 5.22. The van der Waals surface area contributed by atoms with Crippen LogP contribution in [0.15, 0.2) is 0 Å². The van der Waals surface area contributed by atoms with Crippen molar-refractivity contribution in [2.45, 2.75) is 38.7 Å². The first-order chi connectivity index (χ1) is 6.52. The Bertz CT molecular complexity index is 174. The molecule has 0 saturated carbocycles. The van der Waals surface area contributed by atoms with Crippen molar-refractivity contribution in [3.63, 3.8) is 0 Å². The minimum atomic E-state index is -2.56. The van der Waals surface area contributed by atoms with Gasteiger partial charge in [-0.3, -0.25) is 0 Å². The standard InChI is InChI=1S/C10H19F2NO/c1-8(2)14-6-4-9-3-5-13-7-10(9,11)12/h8-9,13H,3-7H2,1-2H3. The van der Waals surface area contributed by atoms with E-state index in [1.54, 1.807) is 0 Å². The van der Waals surface area contributed by atoms with Crippen LogP contribution in [0.4, 0.5) is 8.78 Å². The number of ether oxygens (including phenoxy) is 1. The molecule has 1 saturated heterocycles. The molecule has 0 spiro atoms. The molecule has 0 aromatic carbocycles. The molecule has 1 unspecified atom stereocenters. The third-order valence-corrected chi connectivity index (χ3v) is 2.55. The van der Waals surface area contributed by atoms with Crippen LogP contribution in [-0.4, -0.2) is 31.7 Å². The first kappa shape index (κ1) is 11.9. The van der Waals surface area contributed by atoms with Crippen molar-refractivity contribution in [3.8, 4) is 0 Å². The summed E-state index contributed by atoms with van der Waals surface area (Å²) in [6.45, 7) is 4.79. The Hall–Kier alpha value is -0.220. The van der Waals surface area contributed by atoms with E-state index in [0.29, 0.717) is 26.0 Å². The molecule has 14 heavy (non-hydrogen) atoms. The Morgan fingerprint density at radius 3 is 2.79 bits per heavy atom. The highest BCUT2D eigenvalue weighted by molar-refractivity contribution is 4.84. The van der Waals surface area contributed by atoms with Crippen LogP contribution in [0, 0.1) is 5.92 Å². The van der Waals surface area contributed by atoms with E-state index in [0.717, 1.165) is 0 Å².